The van der Waals surface area contributed by atoms with E-state index in [-0.39, 0.29) is 0 Å². The standard InChI is InChI=1S/C18H16N2/c1-2-7-16-14(5-1)12-20-18(16)11-13-9-10-19-17-8-4-3-6-15(13)17/h1-10,18,20H,11-12H2. The average molecular weight is 260 g/mol. The molecule has 1 unspecified atom stereocenters. The second-order valence-corrected chi connectivity index (χ2v) is 5.32. The van der Waals surface area contributed by atoms with Crippen molar-refractivity contribution in [2.45, 2.75) is 19.0 Å². The fourth-order valence-corrected chi connectivity index (χ4v) is 3.11. The SMILES string of the molecule is c1ccc2c(c1)CNC2Cc1ccnc2ccccc12. The minimum absolute atomic E-state index is 0.414. The van der Waals surface area contributed by atoms with Gasteiger partial charge in [0.05, 0.1) is 5.52 Å². The Balaban J connectivity index is 1.73. The Morgan fingerprint density at radius 3 is 2.85 bits per heavy atom. The highest BCUT2D eigenvalue weighted by molar-refractivity contribution is 5.81. The number of nitrogens with one attached hydrogen (secondary N) is 1. The van der Waals surface area contributed by atoms with Crippen LogP contribution in [0.5, 0.6) is 0 Å². The Bertz CT molecular complexity index is 759. The molecule has 0 saturated heterocycles. The zero-order chi connectivity index (χ0) is 13.4. The number of benzene rings is 2. The van der Waals surface area contributed by atoms with Gasteiger partial charge in [-0.3, -0.25) is 4.98 Å². The summed E-state index contributed by atoms with van der Waals surface area (Å²) in [5.41, 5.74) is 5.31. The van der Waals surface area contributed by atoms with Gasteiger partial charge >= 0.3 is 0 Å². The molecule has 3 aromatic rings. The second-order valence-electron chi connectivity index (χ2n) is 5.32. The third-order valence-corrected chi connectivity index (χ3v) is 4.13. The maximum atomic E-state index is 4.44. The molecule has 1 aliphatic heterocycles. The lowest BCUT2D eigenvalue weighted by Gasteiger charge is -2.13. The summed E-state index contributed by atoms with van der Waals surface area (Å²) in [5, 5.41) is 4.88. The van der Waals surface area contributed by atoms with Gasteiger partial charge in [-0.05, 0) is 35.2 Å². The van der Waals surface area contributed by atoms with Crippen molar-refractivity contribution >= 4 is 10.9 Å². The van der Waals surface area contributed by atoms with Gasteiger partial charge in [-0.15, -0.1) is 0 Å². The van der Waals surface area contributed by atoms with Gasteiger partial charge in [0.2, 0.25) is 0 Å². The number of aromatic nitrogens is 1. The summed E-state index contributed by atoms with van der Waals surface area (Å²) < 4.78 is 0. The molecule has 0 aliphatic carbocycles. The molecule has 20 heavy (non-hydrogen) atoms. The second kappa shape index (κ2) is 4.73. The van der Waals surface area contributed by atoms with Gasteiger partial charge in [0, 0.05) is 24.2 Å². The lowest BCUT2D eigenvalue weighted by Crippen LogP contribution is -2.14. The third kappa shape index (κ3) is 1.89. The monoisotopic (exact) mass is 260 g/mol. The summed E-state index contributed by atoms with van der Waals surface area (Å²) in [7, 11) is 0. The van der Waals surface area contributed by atoms with Crippen molar-refractivity contribution in [3.63, 3.8) is 0 Å². The van der Waals surface area contributed by atoms with E-state index in [0.29, 0.717) is 6.04 Å². The van der Waals surface area contributed by atoms with Crippen molar-refractivity contribution in [2.24, 2.45) is 0 Å². The third-order valence-electron chi connectivity index (χ3n) is 4.13. The molecule has 1 N–H and O–H groups in total. The minimum Gasteiger partial charge on any atom is -0.306 e. The van der Waals surface area contributed by atoms with E-state index >= 15 is 0 Å². The summed E-state index contributed by atoms with van der Waals surface area (Å²) in [6.45, 7) is 0.976. The van der Waals surface area contributed by atoms with Gasteiger partial charge in [0.15, 0.2) is 0 Å². The summed E-state index contributed by atoms with van der Waals surface area (Å²) in [6.07, 6.45) is 2.93. The van der Waals surface area contributed by atoms with Crippen LogP contribution >= 0.6 is 0 Å². The fourth-order valence-electron chi connectivity index (χ4n) is 3.11. The number of rotatable bonds is 2. The molecule has 2 aromatic carbocycles. The first kappa shape index (κ1) is 11.6. The number of nitrogens with zero attached hydrogens (tertiary/aromatic N) is 1. The molecule has 0 radical (unpaired) electrons. The molecule has 0 bridgehead atoms. The normalized spacial score (nSPS) is 17.3. The maximum Gasteiger partial charge on any atom is 0.0704 e. The van der Waals surface area contributed by atoms with E-state index in [2.05, 4.69) is 58.8 Å². The highest BCUT2D eigenvalue weighted by Gasteiger charge is 2.21. The molecule has 1 aliphatic rings. The van der Waals surface area contributed by atoms with Crippen molar-refractivity contribution in [1.82, 2.24) is 10.3 Å². The highest BCUT2D eigenvalue weighted by atomic mass is 14.9. The Labute approximate surface area is 118 Å². The molecule has 0 fully saturated rings. The van der Waals surface area contributed by atoms with Gasteiger partial charge in [-0.25, -0.2) is 0 Å². The molecule has 2 nitrogen and oxygen atoms in total. The van der Waals surface area contributed by atoms with Crippen LogP contribution in [0.25, 0.3) is 10.9 Å². The predicted molar refractivity (Wildman–Crippen MR) is 81.5 cm³/mol. The van der Waals surface area contributed by atoms with Crippen molar-refractivity contribution in [3.8, 4) is 0 Å². The molecular weight excluding hydrogens is 244 g/mol. The van der Waals surface area contributed by atoms with Gasteiger partial charge < -0.3 is 5.32 Å². The van der Waals surface area contributed by atoms with E-state index in [1.165, 1.54) is 22.1 Å². The van der Waals surface area contributed by atoms with Gasteiger partial charge in [0.25, 0.3) is 0 Å². The number of fused-ring (bicyclic) bond motifs is 2. The average Bonchev–Trinajstić information content (AvgIpc) is 2.91. The van der Waals surface area contributed by atoms with Crippen LogP contribution in [0.2, 0.25) is 0 Å². The van der Waals surface area contributed by atoms with Crippen molar-refractivity contribution in [3.05, 3.63) is 77.5 Å². The molecule has 2 heterocycles. The van der Waals surface area contributed by atoms with E-state index in [9.17, 15) is 0 Å². The molecule has 1 aromatic heterocycles. The van der Waals surface area contributed by atoms with Crippen LogP contribution in [0, 0.1) is 0 Å². The van der Waals surface area contributed by atoms with Crippen LogP contribution in [-0.2, 0) is 13.0 Å². The predicted octanol–water partition coefficient (Wildman–Crippen LogP) is 3.62. The molecule has 0 spiro atoms. The van der Waals surface area contributed by atoms with E-state index in [0.717, 1.165) is 18.5 Å². The van der Waals surface area contributed by atoms with Gasteiger partial charge in [0.1, 0.15) is 0 Å². The quantitative estimate of drug-likeness (QED) is 0.761. The first-order valence-corrected chi connectivity index (χ1v) is 7.05. The van der Waals surface area contributed by atoms with Gasteiger partial charge in [-0.2, -0.15) is 0 Å². The Morgan fingerprint density at radius 1 is 1.00 bits per heavy atom. The van der Waals surface area contributed by atoms with Crippen molar-refractivity contribution < 1.29 is 0 Å². The topological polar surface area (TPSA) is 24.9 Å². The molecule has 0 saturated carbocycles. The van der Waals surface area contributed by atoms with Crippen molar-refractivity contribution in [1.29, 1.82) is 0 Å². The van der Waals surface area contributed by atoms with Crippen molar-refractivity contribution in [2.75, 3.05) is 0 Å². The zero-order valence-corrected chi connectivity index (χ0v) is 11.2. The summed E-state index contributed by atoms with van der Waals surface area (Å²) in [6, 6.07) is 19.6. The Kier molecular flexibility index (Phi) is 2.75. The lowest BCUT2D eigenvalue weighted by molar-refractivity contribution is 0.582. The van der Waals surface area contributed by atoms with Crippen LogP contribution < -0.4 is 5.32 Å². The van der Waals surface area contributed by atoms with E-state index in [1.54, 1.807) is 0 Å². The van der Waals surface area contributed by atoms with Crippen LogP contribution in [0.4, 0.5) is 0 Å². The van der Waals surface area contributed by atoms with Gasteiger partial charge in [-0.1, -0.05) is 42.5 Å². The fraction of sp³-hybridized carbons (Fsp3) is 0.167. The molecule has 2 heteroatoms. The molecule has 98 valence electrons. The number of hydrogen-bond donors (Lipinski definition) is 1. The Hall–Kier alpha value is -2.19. The van der Waals surface area contributed by atoms with Crippen LogP contribution in [0.1, 0.15) is 22.7 Å². The van der Waals surface area contributed by atoms with E-state index in [1.807, 2.05) is 12.3 Å². The smallest absolute Gasteiger partial charge is 0.0704 e. The maximum absolute atomic E-state index is 4.44. The number of hydrogen-bond acceptors (Lipinski definition) is 2. The first-order chi connectivity index (χ1) is 9.92. The summed E-state index contributed by atoms with van der Waals surface area (Å²) in [4.78, 5) is 4.44. The van der Waals surface area contributed by atoms with Crippen LogP contribution in [-0.4, -0.2) is 4.98 Å². The summed E-state index contributed by atoms with van der Waals surface area (Å²) in [5.74, 6) is 0. The minimum atomic E-state index is 0.414. The van der Waals surface area contributed by atoms with Crippen LogP contribution in [0.3, 0.4) is 0 Å². The molecule has 1 atom stereocenters. The first-order valence-electron chi connectivity index (χ1n) is 7.05. The summed E-state index contributed by atoms with van der Waals surface area (Å²) >= 11 is 0. The van der Waals surface area contributed by atoms with Crippen LogP contribution in [0.15, 0.2) is 60.8 Å². The highest BCUT2D eigenvalue weighted by Crippen LogP contribution is 2.29. The number of para-hydroxylation sites is 1. The van der Waals surface area contributed by atoms with E-state index < -0.39 is 0 Å². The zero-order valence-electron chi connectivity index (χ0n) is 11.2. The molecule has 0 amide bonds. The molecule has 4 rings (SSSR count). The molecular formula is C18H16N2. The lowest BCUT2D eigenvalue weighted by atomic mass is 9.97. The largest absolute Gasteiger partial charge is 0.306 e. The van der Waals surface area contributed by atoms with E-state index in [4.69, 9.17) is 0 Å². The Morgan fingerprint density at radius 2 is 1.85 bits per heavy atom. The number of pyridine rings is 1.